The lowest BCUT2D eigenvalue weighted by Gasteiger charge is -2.16. The molecular formula is C17H19N3O3S. The van der Waals surface area contributed by atoms with E-state index < -0.39 is 11.0 Å². The summed E-state index contributed by atoms with van der Waals surface area (Å²) < 4.78 is 0. The minimum Gasteiger partial charge on any atom is -0.387 e. The zero-order valence-corrected chi connectivity index (χ0v) is 14.3. The van der Waals surface area contributed by atoms with Crippen LogP contribution in [0.1, 0.15) is 22.8 Å². The molecule has 2 rings (SSSR count). The number of nitrogens with zero attached hydrogens (tertiary/aromatic N) is 1. The molecule has 7 heteroatoms. The highest BCUT2D eigenvalue weighted by Crippen LogP contribution is 2.18. The van der Waals surface area contributed by atoms with E-state index in [4.69, 9.17) is 12.2 Å². The molecule has 24 heavy (non-hydrogen) atoms. The molecule has 126 valence electrons. The van der Waals surface area contributed by atoms with Crippen molar-refractivity contribution >= 4 is 28.7 Å². The third-order valence-corrected chi connectivity index (χ3v) is 3.83. The molecule has 0 radical (unpaired) electrons. The van der Waals surface area contributed by atoms with Crippen LogP contribution < -0.4 is 10.6 Å². The molecule has 0 unspecified atom stereocenters. The second-order valence-corrected chi connectivity index (χ2v) is 5.93. The number of aliphatic hydroxyl groups is 1. The van der Waals surface area contributed by atoms with Gasteiger partial charge in [0.1, 0.15) is 0 Å². The number of nitrogens with one attached hydrogen (secondary N) is 2. The highest BCUT2D eigenvalue weighted by molar-refractivity contribution is 7.80. The Balaban J connectivity index is 1.91. The van der Waals surface area contributed by atoms with Crippen LogP contribution in [0.15, 0.2) is 42.5 Å². The summed E-state index contributed by atoms with van der Waals surface area (Å²) >= 11 is 5.24. The second kappa shape index (κ2) is 7.85. The Morgan fingerprint density at radius 2 is 1.92 bits per heavy atom. The van der Waals surface area contributed by atoms with Gasteiger partial charge in [-0.05, 0) is 61.0 Å². The van der Waals surface area contributed by atoms with Crippen LogP contribution in [0.3, 0.4) is 0 Å². The monoisotopic (exact) mass is 345 g/mol. The minimum absolute atomic E-state index is 0.00832. The summed E-state index contributed by atoms with van der Waals surface area (Å²) in [6.45, 7) is 4.18. The number of hydrogen-bond donors (Lipinski definition) is 3. The third-order valence-electron chi connectivity index (χ3n) is 3.59. The van der Waals surface area contributed by atoms with Gasteiger partial charge in [0.25, 0.3) is 5.69 Å². The quantitative estimate of drug-likeness (QED) is 0.438. The van der Waals surface area contributed by atoms with Crippen LogP contribution in [0.4, 0.5) is 11.4 Å². The van der Waals surface area contributed by atoms with E-state index in [0.717, 1.165) is 16.8 Å². The SMILES string of the molecule is Cc1ccc(C)c(NC(=S)NC[C@H](O)c2ccc([N+](=O)[O-])cc2)c1. The number of benzene rings is 2. The molecule has 0 aliphatic rings. The normalized spacial score (nSPS) is 11.6. The summed E-state index contributed by atoms with van der Waals surface area (Å²) in [7, 11) is 0. The molecule has 0 fully saturated rings. The van der Waals surface area contributed by atoms with Crippen molar-refractivity contribution < 1.29 is 10.0 Å². The van der Waals surface area contributed by atoms with Crippen LogP contribution in [-0.2, 0) is 0 Å². The van der Waals surface area contributed by atoms with E-state index in [2.05, 4.69) is 10.6 Å². The van der Waals surface area contributed by atoms with E-state index in [1.165, 1.54) is 24.3 Å². The van der Waals surface area contributed by atoms with E-state index >= 15 is 0 Å². The Labute approximate surface area is 145 Å². The fraction of sp³-hybridized carbons (Fsp3) is 0.235. The number of thiocarbonyl (C=S) groups is 1. The summed E-state index contributed by atoms with van der Waals surface area (Å²) in [6, 6.07) is 11.8. The van der Waals surface area contributed by atoms with Crippen molar-refractivity contribution in [3.05, 3.63) is 69.3 Å². The maximum absolute atomic E-state index is 10.6. The first-order valence-electron chi connectivity index (χ1n) is 7.41. The molecule has 0 aromatic heterocycles. The number of aryl methyl sites for hydroxylation is 2. The molecule has 6 nitrogen and oxygen atoms in total. The lowest BCUT2D eigenvalue weighted by atomic mass is 10.1. The zero-order valence-electron chi connectivity index (χ0n) is 13.4. The molecule has 3 N–H and O–H groups in total. The number of nitro benzene ring substituents is 1. The van der Waals surface area contributed by atoms with Crippen LogP contribution in [0.5, 0.6) is 0 Å². The molecule has 0 heterocycles. The van der Waals surface area contributed by atoms with E-state index in [1.807, 2.05) is 32.0 Å². The Morgan fingerprint density at radius 1 is 1.25 bits per heavy atom. The van der Waals surface area contributed by atoms with Gasteiger partial charge in [0.05, 0.1) is 11.0 Å². The smallest absolute Gasteiger partial charge is 0.269 e. The average Bonchev–Trinajstić information content (AvgIpc) is 2.56. The number of nitro groups is 1. The van der Waals surface area contributed by atoms with Crippen molar-refractivity contribution in [3.63, 3.8) is 0 Å². The van der Waals surface area contributed by atoms with Crippen LogP contribution >= 0.6 is 12.2 Å². The van der Waals surface area contributed by atoms with E-state index in [9.17, 15) is 15.2 Å². The zero-order chi connectivity index (χ0) is 17.7. The van der Waals surface area contributed by atoms with Crippen molar-refractivity contribution in [2.24, 2.45) is 0 Å². The molecule has 1 atom stereocenters. The van der Waals surface area contributed by atoms with Gasteiger partial charge in [-0.25, -0.2) is 0 Å². The summed E-state index contributed by atoms with van der Waals surface area (Å²) in [4.78, 5) is 10.2. The van der Waals surface area contributed by atoms with Gasteiger partial charge in [-0.2, -0.15) is 0 Å². The van der Waals surface area contributed by atoms with Crippen LogP contribution in [0, 0.1) is 24.0 Å². The first-order valence-corrected chi connectivity index (χ1v) is 7.82. The fourth-order valence-electron chi connectivity index (χ4n) is 2.16. The predicted molar refractivity (Wildman–Crippen MR) is 98.2 cm³/mol. The number of anilines is 1. The number of hydrogen-bond acceptors (Lipinski definition) is 4. The van der Waals surface area contributed by atoms with Gasteiger partial charge >= 0.3 is 0 Å². The van der Waals surface area contributed by atoms with E-state index in [-0.39, 0.29) is 12.2 Å². The van der Waals surface area contributed by atoms with Gasteiger partial charge in [0.2, 0.25) is 0 Å². The van der Waals surface area contributed by atoms with Gasteiger partial charge < -0.3 is 15.7 Å². The fourth-order valence-corrected chi connectivity index (χ4v) is 2.36. The van der Waals surface area contributed by atoms with Gasteiger partial charge in [-0.1, -0.05) is 12.1 Å². The van der Waals surface area contributed by atoms with Gasteiger partial charge in [0, 0.05) is 24.4 Å². The molecule has 0 saturated heterocycles. The lowest BCUT2D eigenvalue weighted by molar-refractivity contribution is -0.384. The molecule has 0 bridgehead atoms. The molecule has 0 aliphatic carbocycles. The van der Waals surface area contributed by atoms with Crippen molar-refractivity contribution in [1.29, 1.82) is 0 Å². The van der Waals surface area contributed by atoms with Crippen molar-refractivity contribution in [2.75, 3.05) is 11.9 Å². The summed E-state index contributed by atoms with van der Waals surface area (Å²) in [6.07, 6.45) is -0.816. The van der Waals surface area contributed by atoms with E-state index in [0.29, 0.717) is 10.7 Å². The van der Waals surface area contributed by atoms with Crippen molar-refractivity contribution in [2.45, 2.75) is 20.0 Å². The average molecular weight is 345 g/mol. The number of rotatable bonds is 5. The maximum atomic E-state index is 10.6. The molecule has 0 saturated carbocycles. The van der Waals surface area contributed by atoms with Crippen molar-refractivity contribution in [1.82, 2.24) is 5.32 Å². The first kappa shape index (κ1) is 17.8. The first-order chi connectivity index (χ1) is 11.4. The standard InChI is InChI=1S/C17H19N3O3S/c1-11-3-4-12(2)15(9-11)19-17(24)18-10-16(21)13-5-7-14(8-6-13)20(22)23/h3-9,16,21H,10H2,1-2H3,(H2,18,19,24)/t16-/m0/s1. The van der Waals surface area contributed by atoms with Crippen LogP contribution in [0.25, 0.3) is 0 Å². The van der Waals surface area contributed by atoms with Gasteiger partial charge in [-0.3, -0.25) is 10.1 Å². The van der Waals surface area contributed by atoms with Crippen LogP contribution in [0.2, 0.25) is 0 Å². The Hall–Kier alpha value is -2.51. The Morgan fingerprint density at radius 3 is 2.54 bits per heavy atom. The summed E-state index contributed by atoms with van der Waals surface area (Å²) in [5, 5.41) is 27.2. The molecule has 2 aromatic carbocycles. The summed E-state index contributed by atoms with van der Waals surface area (Å²) in [5.41, 5.74) is 3.68. The largest absolute Gasteiger partial charge is 0.387 e. The summed E-state index contributed by atoms with van der Waals surface area (Å²) in [5.74, 6) is 0. The topological polar surface area (TPSA) is 87.4 Å². The molecule has 0 aliphatic heterocycles. The third kappa shape index (κ3) is 4.74. The highest BCUT2D eigenvalue weighted by Gasteiger charge is 2.11. The second-order valence-electron chi connectivity index (χ2n) is 5.52. The number of non-ortho nitro benzene ring substituents is 1. The molecule has 0 spiro atoms. The highest BCUT2D eigenvalue weighted by atomic mass is 32.1. The molecule has 0 amide bonds. The maximum Gasteiger partial charge on any atom is 0.269 e. The Kier molecular flexibility index (Phi) is 5.83. The van der Waals surface area contributed by atoms with Crippen LogP contribution in [-0.4, -0.2) is 21.7 Å². The lowest BCUT2D eigenvalue weighted by Crippen LogP contribution is -2.32. The molecule has 2 aromatic rings. The Bertz CT molecular complexity index is 747. The van der Waals surface area contributed by atoms with E-state index in [1.54, 1.807) is 0 Å². The predicted octanol–water partition coefficient (Wildman–Crippen LogP) is 3.23. The number of aliphatic hydroxyl groups excluding tert-OH is 1. The molecular weight excluding hydrogens is 326 g/mol. The van der Waals surface area contributed by atoms with Gasteiger partial charge in [-0.15, -0.1) is 0 Å². The van der Waals surface area contributed by atoms with Crippen molar-refractivity contribution in [3.8, 4) is 0 Å². The minimum atomic E-state index is -0.816. The van der Waals surface area contributed by atoms with Gasteiger partial charge in [0.15, 0.2) is 5.11 Å².